The predicted molar refractivity (Wildman–Crippen MR) is 90.0 cm³/mol. The van der Waals surface area contributed by atoms with Crippen LogP contribution < -0.4 is 0 Å². The summed E-state index contributed by atoms with van der Waals surface area (Å²) in [5.74, 6) is -1.31. The van der Waals surface area contributed by atoms with Gasteiger partial charge < -0.3 is 14.7 Å². The molecule has 2 saturated heterocycles. The third-order valence-electron chi connectivity index (χ3n) is 4.32. The van der Waals surface area contributed by atoms with Gasteiger partial charge in [0.25, 0.3) is 10.0 Å². The molecule has 3 heterocycles. The van der Waals surface area contributed by atoms with E-state index in [2.05, 4.69) is 0 Å². The molecule has 138 valence electrons. The van der Waals surface area contributed by atoms with Gasteiger partial charge in [-0.25, -0.2) is 13.2 Å². The highest BCUT2D eigenvalue weighted by atomic mass is 32.2. The molecule has 1 unspecified atom stereocenters. The largest absolute Gasteiger partial charge is 0.479 e. The molecule has 2 aliphatic rings. The molecule has 1 aromatic heterocycles. The number of amides is 1. The van der Waals surface area contributed by atoms with Gasteiger partial charge in [-0.1, -0.05) is 0 Å². The maximum absolute atomic E-state index is 12.5. The Morgan fingerprint density at radius 3 is 2.64 bits per heavy atom. The van der Waals surface area contributed by atoms with E-state index in [9.17, 15) is 18.0 Å². The van der Waals surface area contributed by atoms with Crippen molar-refractivity contribution in [2.75, 3.05) is 32.8 Å². The maximum Gasteiger partial charge on any atom is 0.334 e. The SMILES string of the molecule is O=C(O)C1CN(C(=O)Cc2ccc(S(=O)(=O)N3CCCC3)s2)CCO1. The lowest BCUT2D eigenvalue weighted by Gasteiger charge is -2.30. The molecule has 8 nitrogen and oxygen atoms in total. The van der Waals surface area contributed by atoms with E-state index in [-0.39, 0.29) is 29.7 Å². The number of carbonyl (C=O) groups is 2. The molecule has 0 saturated carbocycles. The predicted octanol–water partition coefficient (Wildman–Crippen LogP) is 0.387. The van der Waals surface area contributed by atoms with Crippen molar-refractivity contribution in [2.45, 2.75) is 29.6 Å². The van der Waals surface area contributed by atoms with E-state index in [1.165, 1.54) is 9.21 Å². The van der Waals surface area contributed by atoms with Gasteiger partial charge in [-0.15, -0.1) is 11.3 Å². The molecule has 0 bridgehead atoms. The lowest BCUT2D eigenvalue weighted by Crippen LogP contribution is -2.48. The van der Waals surface area contributed by atoms with Crippen molar-refractivity contribution in [3.8, 4) is 0 Å². The Morgan fingerprint density at radius 1 is 1.24 bits per heavy atom. The van der Waals surface area contributed by atoms with E-state index in [1.54, 1.807) is 12.1 Å². The van der Waals surface area contributed by atoms with Crippen LogP contribution in [0.15, 0.2) is 16.3 Å². The topological polar surface area (TPSA) is 104 Å². The average Bonchev–Trinajstić information content (AvgIpc) is 3.27. The molecule has 10 heteroatoms. The number of carbonyl (C=O) groups excluding carboxylic acids is 1. The van der Waals surface area contributed by atoms with Crippen LogP contribution >= 0.6 is 11.3 Å². The van der Waals surface area contributed by atoms with Gasteiger partial charge in [0, 0.05) is 24.5 Å². The third kappa shape index (κ3) is 4.02. The summed E-state index contributed by atoms with van der Waals surface area (Å²) >= 11 is 1.10. The number of nitrogens with zero attached hydrogens (tertiary/aromatic N) is 2. The zero-order valence-corrected chi connectivity index (χ0v) is 15.2. The van der Waals surface area contributed by atoms with Crippen LogP contribution in [0.2, 0.25) is 0 Å². The Bertz CT molecular complexity index is 754. The highest BCUT2D eigenvalue weighted by molar-refractivity contribution is 7.91. The molecule has 3 rings (SSSR count). The molecule has 0 radical (unpaired) electrons. The fourth-order valence-corrected chi connectivity index (χ4v) is 5.95. The van der Waals surface area contributed by atoms with Gasteiger partial charge in [-0.2, -0.15) is 4.31 Å². The lowest BCUT2D eigenvalue weighted by atomic mass is 10.2. The molecule has 2 aliphatic heterocycles. The van der Waals surface area contributed by atoms with E-state index in [0.717, 1.165) is 24.2 Å². The van der Waals surface area contributed by atoms with E-state index in [4.69, 9.17) is 9.84 Å². The van der Waals surface area contributed by atoms with Crippen LogP contribution in [0.5, 0.6) is 0 Å². The van der Waals surface area contributed by atoms with Crippen LogP contribution in [0.25, 0.3) is 0 Å². The molecule has 1 amide bonds. The second kappa shape index (κ2) is 7.40. The van der Waals surface area contributed by atoms with Crippen molar-refractivity contribution in [1.82, 2.24) is 9.21 Å². The number of morpholine rings is 1. The van der Waals surface area contributed by atoms with Gasteiger partial charge in [0.05, 0.1) is 19.6 Å². The summed E-state index contributed by atoms with van der Waals surface area (Å²) in [6.45, 7) is 1.62. The lowest BCUT2D eigenvalue weighted by molar-refractivity contribution is -0.159. The van der Waals surface area contributed by atoms with Gasteiger partial charge in [0.2, 0.25) is 5.91 Å². The summed E-state index contributed by atoms with van der Waals surface area (Å²) in [4.78, 5) is 25.5. The summed E-state index contributed by atoms with van der Waals surface area (Å²) in [7, 11) is -3.47. The number of carboxylic acids is 1. The Hall–Kier alpha value is -1.49. The molecular weight excluding hydrogens is 368 g/mol. The number of aliphatic carboxylic acids is 1. The number of sulfonamides is 1. The first kappa shape index (κ1) is 18.3. The Labute approximate surface area is 150 Å². The maximum atomic E-state index is 12.5. The molecule has 0 aliphatic carbocycles. The number of thiophene rings is 1. The van der Waals surface area contributed by atoms with E-state index >= 15 is 0 Å². The average molecular weight is 388 g/mol. The summed E-state index contributed by atoms with van der Waals surface area (Å²) in [5.41, 5.74) is 0. The van der Waals surface area contributed by atoms with Crippen LogP contribution in [-0.2, 0) is 30.8 Å². The highest BCUT2D eigenvalue weighted by Crippen LogP contribution is 2.28. The Morgan fingerprint density at radius 2 is 1.96 bits per heavy atom. The molecular formula is C15H20N2O6S2. The van der Waals surface area contributed by atoms with Gasteiger partial charge in [0.1, 0.15) is 4.21 Å². The zero-order chi connectivity index (χ0) is 18.0. The van der Waals surface area contributed by atoms with E-state index in [1.807, 2.05) is 0 Å². The van der Waals surface area contributed by atoms with Crippen molar-refractivity contribution in [1.29, 1.82) is 0 Å². The van der Waals surface area contributed by atoms with Gasteiger partial charge in [-0.3, -0.25) is 4.79 Å². The van der Waals surface area contributed by atoms with Crippen molar-refractivity contribution < 1.29 is 27.9 Å². The van der Waals surface area contributed by atoms with Gasteiger partial charge in [-0.05, 0) is 25.0 Å². The van der Waals surface area contributed by atoms with E-state index < -0.39 is 22.1 Å². The number of ether oxygens (including phenoxy) is 1. The molecule has 25 heavy (non-hydrogen) atoms. The van der Waals surface area contributed by atoms with Crippen LogP contribution in [0.3, 0.4) is 0 Å². The Kier molecular flexibility index (Phi) is 5.42. The standard InChI is InChI=1S/C15H20N2O6S2/c18-13(16-7-8-23-12(10-16)15(19)20)9-11-3-4-14(24-11)25(21,22)17-5-1-2-6-17/h3-4,12H,1-2,5-10H2,(H,19,20). The summed E-state index contributed by atoms with van der Waals surface area (Å²) < 4.78 is 31.9. The summed E-state index contributed by atoms with van der Waals surface area (Å²) in [5, 5.41) is 8.99. The first-order valence-corrected chi connectivity index (χ1v) is 10.3. The minimum atomic E-state index is -3.47. The summed E-state index contributed by atoms with van der Waals surface area (Å²) in [6, 6.07) is 3.20. The normalized spacial score (nSPS) is 22.2. The van der Waals surface area contributed by atoms with E-state index in [0.29, 0.717) is 24.5 Å². The molecule has 1 atom stereocenters. The minimum absolute atomic E-state index is 0.0124. The van der Waals surface area contributed by atoms with Crippen molar-refractivity contribution in [3.05, 3.63) is 17.0 Å². The zero-order valence-electron chi connectivity index (χ0n) is 13.6. The van der Waals surface area contributed by atoms with Crippen LogP contribution in [-0.4, -0.2) is 73.5 Å². The fraction of sp³-hybridized carbons (Fsp3) is 0.600. The van der Waals surface area contributed by atoms with Crippen LogP contribution in [0.4, 0.5) is 0 Å². The number of hydrogen-bond donors (Lipinski definition) is 1. The number of hydrogen-bond acceptors (Lipinski definition) is 6. The number of rotatable bonds is 5. The quantitative estimate of drug-likeness (QED) is 0.782. The molecule has 0 aromatic carbocycles. The first-order valence-electron chi connectivity index (χ1n) is 8.09. The van der Waals surface area contributed by atoms with Crippen molar-refractivity contribution >= 4 is 33.2 Å². The van der Waals surface area contributed by atoms with Crippen molar-refractivity contribution in [2.24, 2.45) is 0 Å². The fourth-order valence-electron chi connectivity index (χ4n) is 2.93. The minimum Gasteiger partial charge on any atom is -0.479 e. The van der Waals surface area contributed by atoms with Crippen LogP contribution in [0, 0.1) is 0 Å². The number of carboxylic acid groups (broad SMARTS) is 1. The molecule has 0 spiro atoms. The third-order valence-corrected chi connectivity index (χ3v) is 7.77. The first-order chi connectivity index (χ1) is 11.9. The molecule has 1 N–H and O–H groups in total. The van der Waals surface area contributed by atoms with Crippen LogP contribution in [0.1, 0.15) is 17.7 Å². The van der Waals surface area contributed by atoms with Gasteiger partial charge in [0.15, 0.2) is 6.10 Å². The Balaban J connectivity index is 1.65. The molecule has 2 fully saturated rings. The van der Waals surface area contributed by atoms with Gasteiger partial charge >= 0.3 is 5.97 Å². The highest BCUT2D eigenvalue weighted by Gasteiger charge is 2.31. The second-order valence-electron chi connectivity index (χ2n) is 6.05. The smallest absolute Gasteiger partial charge is 0.334 e. The second-order valence-corrected chi connectivity index (χ2v) is 9.38. The molecule has 1 aromatic rings. The monoisotopic (exact) mass is 388 g/mol. The summed E-state index contributed by atoms with van der Waals surface area (Å²) in [6.07, 6.45) is 0.800. The van der Waals surface area contributed by atoms with Crippen molar-refractivity contribution in [3.63, 3.8) is 0 Å².